The van der Waals surface area contributed by atoms with Crippen molar-refractivity contribution in [3.63, 3.8) is 0 Å². The molecule has 0 unspecified atom stereocenters. The van der Waals surface area contributed by atoms with E-state index in [0.717, 1.165) is 11.1 Å². The molecule has 8 heteroatoms. The SMILES string of the molecule is COc1cccc([C@H]2c3c(oc4cc(C)c(C)cc4c3=O)C(=O)N2c2cc(C)on2)c1OC. The van der Waals surface area contributed by atoms with Crippen LogP contribution in [0.1, 0.15) is 44.6 Å². The number of rotatable bonds is 4. The molecule has 2 aromatic heterocycles. The number of fused-ring (bicyclic) bond motifs is 2. The molecule has 0 saturated carbocycles. The van der Waals surface area contributed by atoms with Crippen LogP contribution in [0.4, 0.5) is 5.82 Å². The van der Waals surface area contributed by atoms with Gasteiger partial charge in [-0.25, -0.2) is 0 Å². The van der Waals surface area contributed by atoms with Crippen molar-refractivity contribution in [1.82, 2.24) is 5.16 Å². The first kappa shape index (κ1) is 20.8. The van der Waals surface area contributed by atoms with Crippen LogP contribution in [0, 0.1) is 20.8 Å². The first-order valence-corrected chi connectivity index (χ1v) is 10.4. The fourth-order valence-electron chi connectivity index (χ4n) is 4.35. The summed E-state index contributed by atoms with van der Waals surface area (Å²) in [7, 11) is 3.04. The van der Waals surface area contributed by atoms with Crippen molar-refractivity contribution >= 4 is 22.7 Å². The van der Waals surface area contributed by atoms with Gasteiger partial charge in [-0.3, -0.25) is 14.5 Å². The molecule has 2 aromatic carbocycles. The molecule has 0 fully saturated rings. The first-order chi connectivity index (χ1) is 15.8. The zero-order valence-corrected chi connectivity index (χ0v) is 18.9. The Morgan fingerprint density at radius 3 is 2.42 bits per heavy atom. The van der Waals surface area contributed by atoms with E-state index in [-0.39, 0.29) is 22.6 Å². The van der Waals surface area contributed by atoms with E-state index >= 15 is 0 Å². The number of anilines is 1. The number of aromatic nitrogens is 1. The van der Waals surface area contributed by atoms with E-state index in [1.54, 1.807) is 43.3 Å². The number of benzene rings is 2. The third-order valence-corrected chi connectivity index (χ3v) is 6.08. The summed E-state index contributed by atoms with van der Waals surface area (Å²) < 4.78 is 22.4. The van der Waals surface area contributed by atoms with Crippen molar-refractivity contribution in [3.8, 4) is 11.5 Å². The van der Waals surface area contributed by atoms with Crippen molar-refractivity contribution in [2.75, 3.05) is 19.1 Å². The van der Waals surface area contributed by atoms with E-state index in [2.05, 4.69) is 5.16 Å². The molecule has 8 nitrogen and oxygen atoms in total. The second kappa shape index (κ2) is 7.51. The fraction of sp³-hybridized carbons (Fsp3) is 0.240. The number of methoxy groups -OCH3 is 2. The molecule has 1 aliphatic heterocycles. The highest BCUT2D eigenvalue weighted by Gasteiger charge is 2.46. The molecule has 1 aliphatic rings. The second-order valence-corrected chi connectivity index (χ2v) is 8.06. The minimum absolute atomic E-state index is 0.0220. The lowest BCUT2D eigenvalue weighted by molar-refractivity contribution is 0.0969. The number of ether oxygens (including phenoxy) is 2. The van der Waals surface area contributed by atoms with Crippen molar-refractivity contribution in [2.24, 2.45) is 0 Å². The van der Waals surface area contributed by atoms with Gasteiger partial charge in [0, 0.05) is 11.6 Å². The molecule has 0 spiro atoms. The maximum atomic E-state index is 13.8. The maximum absolute atomic E-state index is 13.8. The quantitative estimate of drug-likeness (QED) is 0.456. The predicted octanol–water partition coefficient (Wildman–Crippen LogP) is 4.47. The van der Waals surface area contributed by atoms with Gasteiger partial charge in [0.2, 0.25) is 5.76 Å². The Bertz CT molecular complexity index is 1480. The van der Waals surface area contributed by atoms with Crippen LogP contribution in [0.25, 0.3) is 11.0 Å². The summed E-state index contributed by atoms with van der Waals surface area (Å²) in [4.78, 5) is 28.8. The largest absolute Gasteiger partial charge is 0.493 e. The van der Waals surface area contributed by atoms with Crippen LogP contribution < -0.4 is 19.8 Å². The van der Waals surface area contributed by atoms with Crippen LogP contribution in [0.5, 0.6) is 11.5 Å². The van der Waals surface area contributed by atoms with E-state index in [1.165, 1.54) is 19.1 Å². The molecule has 0 aliphatic carbocycles. The third kappa shape index (κ3) is 3.01. The van der Waals surface area contributed by atoms with Gasteiger partial charge in [0.25, 0.3) is 5.91 Å². The third-order valence-electron chi connectivity index (χ3n) is 6.08. The number of hydrogen-bond acceptors (Lipinski definition) is 7. The number of hydrogen-bond donors (Lipinski definition) is 0. The maximum Gasteiger partial charge on any atom is 0.296 e. The molecule has 0 saturated heterocycles. The van der Waals surface area contributed by atoms with Gasteiger partial charge in [-0.05, 0) is 50.1 Å². The average Bonchev–Trinajstić information content (AvgIpc) is 3.35. The fourth-order valence-corrected chi connectivity index (χ4v) is 4.35. The molecule has 0 bridgehead atoms. The van der Waals surface area contributed by atoms with Gasteiger partial charge in [0.05, 0.1) is 25.2 Å². The van der Waals surface area contributed by atoms with Crippen LogP contribution in [0.3, 0.4) is 0 Å². The smallest absolute Gasteiger partial charge is 0.296 e. The molecule has 5 rings (SSSR count). The molecule has 0 radical (unpaired) electrons. The molecule has 1 amide bonds. The first-order valence-electron chi connectivity index (χ1n) is 10.4. The highest BCUT2D eigenvalue weighted by atomic mass is 16.5. The van der Waals surface area contributed by atoms with Crippen LogP contribution in [-0.2, 0) is 0 Å². The molecule has 0 N–H and O–H groups in total. The molecule has 168 valence electrons. The molecule has 33 heavy (non-hydrogen) atoms. The van der Waals surface area contributed by atoms with Gasteiger partial charge in [0.15, 0.2) is 22.7 Å². The van der Waals surface area contributed by atoms with Crippen LogP contribution >= 0.6 is 0 Å². The lowest BCUT2D eigenvalue weighted by Gasteiger charge is -2.24. The summed E-state index contributed by atoms with van der Waals surface area (Å²) in [6.07, 6.45) is 0. The molecule has 1 atom stereocenters. The lowest BCUT2D eigenvalue weighted by atomic mass is 9.96. The van der Waals surface area contributed by atoms with Crippen molar-refractivity contribution in [2.45, 2.75) is 26.8 Å². The number of amides is 1. The Hall–Kier alpha value is -4.07. The summed E-state index contributed by atoms with van der Waals surface area (Å²) in [5.41, 5.74) is 2.80. The standard InChI is InChI=1S/C25H22N2O6/c1-12-9-16-18(10-13(12)2)32-24-20(22(16)28)21(15-7-6-8-17(30-4)23(15)31-5)27(25(24)29)19-11-14(3)33-26-19/h6-11,21H,1-5H3/t21-/m0/s1. The van der Waals surface area contributed by atoms with Gasteiger partial charge >= 0.3 is 0 Å². The van der Waals surface area contributed by atoms with Gasteiger partial charge in [0.1, 0.15) is 17.4 Å². The number of para-hydroxylation sites is 1. The Morgan fingerprint density at radius 2 is 1.76 bits per heavy atom. The zero-order chi connectivity index (χ0) is 23.4. The highest BCUT2D eigenvalue weighted by Crippen LogP contribution is 2.46. The lowest BCUT2D eigenvalue weighted by Crippen LogP contribution is -2.30. The number of carbonyl (C=O) groups excluding carboxylic acids is 1. The van der Waals surface area contributed by atoms with Gasteiger partial charge < -0.3 is 18.4 Å². The predicted molar refractivity (Wildman–Crippen MR) is 121 cm³/mol. The normalized spacial score (nSPS) is 15.2. The highest BCUT2D eigenvalue weighted by molar-refractivity contribution is 6.10. The number of aryl methyl sites for hydroxylation is 3. The van der Waals surface area contributed by atoms with Gasteiger partial charge in [-0.15, -0.1) is 0 Å². The van der Waals surface area contributed by atoms with Gasteiger partial charge in [-0.2, -0.15) is 0 Å². The molecular weight excluding hydrogens is 424 g/mol. The summed E-state index contributed by atoms with van der Waals surface area (Å²) in [6, 6.07) is 9.69. The monoisotopic (exact) mass is 446 g/mol. The van der Waals surface area contributed by atoms with E-state index in [9.17, 15) is 9.59 Å². The second-order valence-electron chi connectivity index (χ2n) is 8.06. The molecule has 4 aromatic rings. The number of nitrogens with zero attached hydrogens (tertiary/aromatic N) is 2. The average molecular weight is 446 g/mol. The Kier molecular flexibility index (Phi) is 4.74. The topological polar surface area (TPSA) is 95.0 Å². The number of carbonyl (C=O) groups is 1. The van der Waals surface area contributed by atoms with Crippen molar-refractivity contribution in [1.29, 1.82) is 0 Å². The molecule has 3 heterocycles. The van der Waals surface area contributed by atoms with E-state index in [4.69, 9.17) is 18.4 Å². The van der Waals surface area contributed by atoms with Gasteiger partial charge in [-0.1, -0.05) is 17.3 Å². The minimum atomic E-state index is -0.843. The van der Waals surface area contributed by atoms with E-state index in [0.29, 0.717) is 33.8 Å². The van der Waals surface area contributed by atoms with E-state index < -0.39 is 11.9 Å². The summed E-state index contributed by atoms with van der Waals surface area (Å²) in [5, 5.41) is 4.46. The Morgan fingerprint density at radius 1 is 1.00 bits per heavy atom. The Balaban J connectivity index is 1.87. The summed E-state index contributed by atoms with van der Waals surface area (Å²) in [6.45, 7) is 5.59. The van der Waals surface area contributed by atoms with Crippen molar-refractivity contribution in [3.05, 3.63) is 80.4 Å². The summed E-state index contributed by atoms with van der Waals surface area (Å²) >= 11 is 0. The Labute approximate surface area is 189 Å². The van der Waals surface area contributed by atoms with Crippen molar-refractivity contribution < 1.29 is 23.2 Å². The van der Waals surface area contributed by atoms with Crippen LogP contribution in [0.2, 0.25) is 0 Å². The summed E-state index contributed by atoms with van der Waals surface area (Å²) in [5.74, 6) is 1.19. The zero-order valence-electron chi connectivity index (χ0n) is 18.9. The van der Waals surface area contributed by atoms with E-state index in [1.807, 2.05) is 13.8 Å². The molecular formula is C25H22N2O6. The minimum Gasteiger partial charge on any atom is -0.493 e. The van der Waals surface area contributed by atoms with Crippen LogP contribution in [0.15, 0.2) is 50.1 Å². The van der Waals surface area contributed by atoms with Crippen LogP contribution in [-0.4, -0.2) is 25.3 Å².